The Morgan fingerprint density at radius 1 is 1.09 bits per heavy atom. The van der Waals surface area contributed by atoms with Crippen molar-refractivity contribution < 1.29 is 9.72 Å². The lowest BCUT2D eigenvalue weighted by molar-refractivity contribution is -0.383. The highest BCUT2D eigenvalue weighted by Crippen LogP contribution is 2.28. The molecule has 0 aromatic heterocycles. The Morgan fingerprint density at radius 2 is 1.82 bits per heavy atom. The summed E-state index contributed by atoms with van der Waals surface area (Å²) in [5, 5.41) is 14.0. The van der Waals surface area contributed by atoms with Crippen LogP contribution < -0.4 is 10.2 Å². The molecule has 0 aliphatic carbocycles. The van der Waals surface area contributed by atoms with Gasteiger partial charge in [0.15, 0.2) is 0 Å². The second-order valence-corrected chi connectivity index (χ2v) is 5.10. The van der Waals surface area contributed by atoms with Crippen LogP contribution >= 0.6 is 0 Å². The first-order valence-corrected chi connectivity index (χ1v) is 7.06. The highest BCUT2D eigenvalue weighted by atomic mass is 16.6. The van der Waals surface area contributed by atoms with E-state index in [1.54, 1.807) is 23.1 Å². The summed E-state index contributed by atoms with van der Waals surface area (Å²) < 4.78 is 0. The molecule has 0 unspecified atom stereocenters. The molecule has 1 aliphatic rings. The third kappa shape index (κ3) is 2.76. The maximum absolute atomic E-state index is 11.7. The minimum Gasteiger partial charge on any atom is -0.350 e. The molecule has 1 fully saturated rings. The van der Waals surface area contributed by atoms with Crippen molar-refractivity contribution in [2.75, 3.05) is 16.8 Å². The van der Waals surface area contributed by atoms with E-state index in [9.17, 15) is 14.9 Å². The number of rotatable bonds is 4. The van der Waals surface area contributed by atoms with E-state index in [4.69, 9.17) is 0 Å². The quantitative estimate of drug-likeness (QED) is 0.692. The second kappa shape index (κ2) is 5.85. The molecule has 0 radical (unpaired) electrons. The Labute approximate surface area is 127 Å². The zero-order valence-corrected chi connectivity index (χ0v) is 11.9. The number of nitro groups is 1. The zero-order chi connectivity index (χ0) is 15.5. The number of para-hydroxylation sites is 2. The highest BCUT2D eigenvalue weighted by molar-refractivity contribution is 5.95. The van der Waals surface area contributed by atoms with Gasteiger partial charge in [-0.3, -0.25) is 14.9 Å². The fraction of sp³-hybridized carbons (Fsp3) is 0.188. The molecule has 1 N–H and O–H groups in total. The summed E-state index contributed by atoms with van der Waals surface area (Å²) in [5.41, 5.74) is 2.07. The third-order valence-electron chi connectivity index (χ3n) is 3.63. The molecule has 1 saturated heterocycles. The zero-order valence-electron chi connectivity index (χ0n) is 11.9. The van der Waals surface area contributed by atoms with Crippen molar-refractivity contribution in [1.82, 2.24) is 0 Å². The van der Waals surface area contributed by atoms with Gasteiger partial charge in [-0.05, 0) is 36.8 Å². The van der Waals surface area contributed by atoms with Crippen molar-refractivity contribution in [2.24, 2.45) is 0 Å². The number of hydrogen-bond donors (Lipinski definition) is 1. The van der Waals surface area contributed by atoms with Gasteiger partial charge < -0.3 is 10.2 Å². The number of carbonyl (C=O) groups excluding carboxylic acids is 1. The summed E-state index contributed by atoms with van der Waals surface area (Å²) in [6, 6.07) is 13.8. The number of nitrogens with one attached hydrogen (secondary N) is 1. The summed E-state index contributed by atoms with van der Waals surface area (Å²) >= 11 is 0. The fourth-order valence-electron chi connectivity index (χ4n) is 2.54. The molecule has 1 amide bonds. The molecule has 6 heteroatoms. The smallest absolute Gasteiger partial charge is 0.292 e. The average molecular weight is 297 g/mol. The van der Waals surface area contributed by atoms with Gasteiger partial charge >= 0.3 is 0 Å². The van der Waals surface area contributed by atoms with Crippen LogP contribution in [0.2, 0.25) is 0 Å². The molecule has 1 heterocycles. The summed E-state index contributed by atoms with van der Waals surface area (Å²) in [7, 11) is 0. The summed E-state index contributed by atoms with van der Waals surface area (Å²) in [5.74, 6) is 0.138. The first-order chi connectivity index (χ1) is 10.6. The van der Waals surface area contributed by atoms with Crippen molar-refractivity contribution in [3.63, 3.8) is 0 Å². The molecule has 6 nitrogen and oxygen atoms in total. The Hall–Kier alpha value is -2.89. The van der Waals surface area contributed by atoms with E-state index in [1.807, 2.05) is 24.3 Å². The summed E-state index contributed by atoms with van der Waals surface area (Å²) in [6.45, 7) is 0.746. The largest absolute Gasteiger partial charge is 0.350 e. The minimum atomic E-state index is -0.417. The maximum Gasteiger partial charge on any atom is 0.292 e. The van der Waals surface area contributed by atoms with Gasteiger partial charge in [-0.2, -0.15) is 0 Å². The molecular formula is C16H15N3O3. The Morgan fingerprint density at radius 3 is 2.45 bits per heavy atom. The molecule has 0 bridgehead atoms. The number of nitrogens with zero attached hydrogens (tertiary/aromatic N) is 2. The van der Waals surface area contributed by atoms with E-state index >= 15 is 0 Å². The molecule has 3 rings (SSSR count). The standard InChI is InChI=1S/C16H15N3O3/c20-16-6-3-11-18(16)13-9-7-12(8-10-13)17-14-4-1-2-5-15(14)19(21)22/h1-2,4-5,7-10,17H,3,6,11H2. The number of amides is 1. The van der Waals surface area contributed by atoms with Crippen LogP contribution in [0.15, 0.2) is 48.5 Å². The van der Waals surface area contributed by atoms with E-state index in [-0.39, 0.29) is 11.6 Å². The monoisotopic (exact) mass is 297 g/mol. The number of hydrogen-bond acceptors (Lipinski definition) is 4. The van der Waals surface area contributed by atoms with Crippen LogP contribution in [0.3, 0.4) is 0 Å². The van der Waals surface area contributed by atoms with Gasteiger partial charge in [0.05, 0.1) is 4.92 Å². The van der Waals surface area contributed by atoms with Crippen molar-refractivity contribution in [2.45, 2.75) is 12.8 Å². The van der Waals surface area contributed by atoms with Crippen LogP contribution in [0.5, 0.6) is 0 Å². The average Bonchev–Trinajstić information content (AvgIpc) is 2.94. The van der Waals surface area contributed by atoms with Gasteiger partial charge in [0.2, 0.25) is 5.91 Å². The van der Waals surface area contributed by atoms with E-state index in [0.29, 0.717) is 12.1 Å². The number of carbonyl (C=O) groups is 1. The number of anilines is 3. The lowest BCUT2D eigenvalue weighted by Gasteiger charge is -2.16. The van der Waals surface area contributed by atoms with Crippen LogP contribution in [0, 0.1) is 10.1 Å². The van der Waals surface area contributed by atoms with Gasteiger partial charge in [0, 0.05) is 30.4 Å². The summed E-state index contributed by atoms with van der Waals surface area (Å²) in [4.78, 5) is 24.0. The lowest BCUT2D eigenvalue weighted by atomic mass is 10.2. The third-order valence-corrected chi connectivity index (χ3v) is 3.63. The van der Waals surface area contributed by atoms with Crippen LogP contribution in [0.4, 0.5) is 22.7 Å². The summed E-state index contributed by atoms with van der Waals surface area (Å²) in [6.07, 6.45) is 1.48. The van der Waals surface area contributed by atoms with Crippen LogP contribution in [0.25, 0.3) is 0 Å². The minimum absolute atomic E-state index is 0.0290. The Kier molecular flexibility index (Phi) is 3.74. The van der Waals surface area contributed by atoms with Gasteiger partial charge in [-0.25, -0.2) is 0 Å². The van der Waals surface area contributed by atoms with Crippen molar-refractivity contribution in [3.8, 4) is 0 Å². The van der Waals surface area contributed by atoms with Gasteiger partial charge in [0.25, 0.3) is 5.69 Å². The molecule has 1 aliphatic heterocycles. The molecule has 2 aromatic rings. The van der Waals surface area contributed by atoms with Crippen molar-refractivity contribution >= 4 is 28.7 Å². The topological polar surface area (TPSA) is 75.5 Å². The molecular weight excluding hydrogens is 282 g/mol. The molecule has 22 heavy (non-hydrogen) atoms. The van der Waals surface area contributed by atoms with E-state index in [0.717, 1.165) is 24.3 Å². The molecule has 0 atom stereocenters. The predicted octanol–water partition coefficient (Wildman–Crippen LogP) is 3.47. The molecule has 2 aromatic carbocycles. The predicted molar refractivity (Wildman–Crippen MR) is 84.4 cm³/mol. The number of nitro benzene ring substituents is 1. The second-order valence-electron chi connectivity index (χ2n) is 5.10. The Balaban J connectivity index is 1.79. The van der Waals surface area contributed by atoms with Crippen molar-refractivity contribution in [1.29, 1.82) is 0 Å². The van der Waals surface area contributed by atoms with Crippen molar-refractivity contribution in [3.05, 3.63) is 58.6 Å². The first kappa shape index (κ1) is 14.1. The van der Waals surface area contributed by atoms with Gasteiger partial charge in [-0.1, -0.05) is 12.1 Å². The number of benzene rings is 2. The van der Waals surface area contributed by atoms with Gasteiger partial charge in [0.1, 0.15) is 5.69 Å². The Bertz CT molecular complexity index is 713. The van der Waals surface area contributed by atoms with E-state index in [2.05, 4.69) is 5.32 Å². The van der Waals surface area contributed by atoms with Crippen LogP contribution in [0.1, 0.15) is 12.8 Å². The molecule has 0 spiro atoms. The highest BCUT2D eigenvalue weighted by Gasteiger charge is 2.21. The normalized spacial score (nSPS) is 14.2. The fourth-order valence-corrected chi connectivity index (χ4v) is 2.54. The van der Waals surface area contributed by atoms with Crippen LogP contribution in [-0.4, -0.2) is 17.4 Å². The van der Waals surface area contributed by atoms with Crippen LogP contribution in [-0.2, 0) is 4.79 Å². The van der Waals surface area contributed by atoms with Gasteiger partial charge in [-0.15, -0.1) is 0 Å². The first-order valence-electron chi connectivity index (χ1n) is 7.06. The van der Waals surface area contributed by atoms with E-state index < -0.39 is 4.92 Å². The lowest BCUT2D eigenvalue weighted by Crippen LogP contribution is -2.23. The molecule has 112 valence electrons. The molecule has 0 saturated carbocycles. The SMILES string of the molecule is O=C1CCCN1c1ccc(Nc2ccccc2[N+](=O)[O-])cc1. The maximum atomic E-state index is 11.7. The van der Waals surface area contributed by atoms with E-state index in [1.165, 1.54) is 6.07 Å².